The van der Waals surface area contributed by atoms with Gasteiger partial charge in [0, 0.05) is 0 Å². The van der Waals surface area contributed by atoms with E-state index in [1.807, 2.05) is 0 Å². The Kier molecular flexibility index (Phi) is 1.69. The third kappa shape index (κ3) is 0.920. The average molecular weight is 112 g/mol. The smallest absolute Gasteiger partial charge is 0.0757 e. The molecule has 0 spiro atoms. The van der Waals surface area contributed by atoms with Gasteiger partial charge in [0.05, 0.1) is 12.7 Å². The molecule has 1 aliphatic rings. The second-order valence-electron chi connectivity index (χ2n) is 2.13. The molecule has 1 saturated heterocycles. The van der Waals surface area contributed by atoms with E-state index >= 15 is 0 Å². The van der Waals surface area contributed by atoms with Gasteiger partial charge in [-0.05, 0) is 25.8 Å². The van der Waals surface area contributed by atoms with Gasteiger partial charge in [0.1, 0.15) is 0 Å². The summed E-state index contributed by atoms with van der Waals surface area (Å²) in [5.41, 5.74) is 1.45. The third-order valence-corrected chi connectivity index (χ3v) is 1.65. The summed E-state index contributed by atoms with van der Waals surface area (Å²) in [6.07, 6.45) is 3.68. The van der Waals surface area contributed by atoms with Gasteiger partial charge in [0.2, 0.25) is 0 Å². The van der Waals surface area contributed by atoms with Crippen LogP contribution in [0.25, 0.3) is 0 Å². The number of ether oxygens (including phenoxy) is 1. The lowest BCUT2D eigenvalue weighted by atomic mass is 10.1. The lowest BCUT2D eigenvalue weighted by Crippen LogP contribution is -1.98. The summed E-state index contributed by atoms with van der Waals surface area (Å²) >= 11 is 0. The van der Waals surface area contributed by atoms with E-state index in [9.17, 15) is 0 Å². The Morgan fingerprint density at radius 2 is 2.50 bits per heavy atom. The van der Waals surface area contributed by atoms with Crippen LogP contribution in [0.5, 0.6) is 0 Å². The van der Waals surface area contributed by atoms with E-state index in [1.54, 1.807) is 0 Å². The highest BCUT2D eigenvalue weighted by molar-refractivity contribution is 5.08. The SMILES string of the molecule is C/C=C1/CCOC1C. The Morgan fingerprint density at radius 3 is 2.75 bits per heavy atom. The standard InChI is InChI=1S/C7H12O/c1-3-7-4-5-8-6(7)2/h3,6H,4-5H2,1-2H3/b7-3-. The topological polar surface area (TPSA) is 9.23 Å². The van der Waals surface area contributed by atoms with Crippen molar-refractivity contribution < 1.29 is 4.74 Å². The molecule has 1 atom stereocenters. The summed E-state index contributed by atoms with van der Waals surface area (Å²) in [5.74, 6) is 0. The van der Waals surface area contributed by atoms with Crippen LogP contribution in [0.4, 0.5) is 0 Å². The van der Waals surface area contributed by atoms with Crippen molar-refractivity contribution in [2.24, 2.45) is 0 Å². The third-order valence-electron chi connectivity index (χ3n) is 1.65. The lowest BCUT2D eigenvalue weighted by Gasteiger charge is -2.00. The van der Waals surface area contributed by atoms with Crippen LogP contribution in [-0.2, 0) is 4.74 Å². The highest BCUT2D eigenvalue weighted by atomic mass is 16.5. The van der Waals surface area contributed by atoms with Crippen molar-refractivity contribution >= 4 is 0 Å². The first kappa shape index (κ1) is 5.83. The number of allylic oxidation sites excluding steroid dienone is 1. The highest BCUT2D eigenvalue weighted by Crippen LogP contribution is 2.18. The van der Waals surface area contributed by atoms with Gasteiger partial charge < -0.3 is 4.74 Å². The summed E-state index contributed by atoms with van der Waals surface area (Å²) in [4.78, 5) is 0. The minimum absolute atomic E-state index is 0.389. The lowest BCUT2D eigenvalue weighted by molar-refractivity contribution is 0.137. The number of hydrogen-bond acceptors (Lipinski definition) is 1. The highest BCUT2D eigenvalue weighted by Gasteiger charge is 2.14. The van der Waals surface area contributed by atoms with Crippen molar-refractivity contribution in [1.82, 2.24) is 0 Å². The first-order valence-corrected chi connectivity index (χ1v) is 3.11. The van der Waals surface area contributed by atoms with Crippen molar-refractivity contribution in [3.63, 3.8) is 0 Å². The Balaban J connectivity index is 2.55. The van der Waals surface area contributed by atoms with Crippen LogP contribution in [0.1, 0.15) is 20.3 Å². The van der Waals surface area contributed by atoms with Gasteiger partial charge in [-0.25, -0.2) is 0 Å². The Bertz CT molecular complexity index is 105. The molecule has 0 amide bonds. The van der Waals surface area contributed by atoms with Crippen molar-refractivity contribution in [3.8, 4) is 0 Å². The van der Waals surface area contributed by atoms with E-state index in [1.165, 1.54) is 5.57 Å². The van der Waals surface area contributed by atoms with Gasteiger partial charge in [-0.3, -0.25) is 0 Å². The molecule has 0 saturated carbocycles. The molecule has 1 rings (SSSR count). The maximum atomic E-state index is 5.29. The molecule has 1 heterocycles. The number of rotatable bonds is 0. The van der Waals surface area contributed by atoms with E-state index in [0.717, 1.165) is 13.0 Å². The molecule has 1 aliphatic heterocycles. The first-order valence-electron chi connectivity index (χ1n) is 3.11. The summed E-state index contributed by atoms with van der Waals surface area (Å²) in [5, 5.41) is 0. The van der Waals surface area contributed by atoms with Crippen LogP contribution >= 0.6 is 0 Å². The van der Waals surface area contributed by atoms with Crippen molar-refractivity contribution in [3.05, 3.63) is 11.6 Å². The van der Waals surface area contributed by atoms with Crippen molar-refractivity contribution in [2.75, 3.05) is 6.61 Å². The molecule has 1 fully saturated rings. The Morgan fingerprint density at radius 1 is 1.75 bits per heavy atom. The molecule has 0 aromatic heterocycles. The van der Waals surface area contributed by atoms with E-state index < -0.39 is 0 Å². The quantitative estimate of drug-likeness (QED) is 0.434. The minimum atomic E-state index is 0.389. The van der Waals surface area contributed by atoms with Crippen LogP contribution < -0.4 is 0 Å². The zero-order valence-corrected chi connectivity index (χ0v) is 5.48. The molecule has 1 nitrogen and oxygen atoms in total. The normalized spacial score (nSPS) is 34.2. The van der Waals surface area contributed by atoms with Gasteiger partial charge in [-0.1, -0.05) is 6.08 Å². The van der Waals surface area contributed by atoms with Crippen LogP contribution in [0.3, 0.4) is 0 Å². The molecule has 46 valence electrons. The molecular formula is C7H12O. The molecule has 0 aromatic carbocycles. The molecular weight excluding hydrogens is 100 g/mol. The van der Waals surface area contributed by atoms with Crippen LogP contribution in [0.2, 0.25) is 0 Å². The van der Waals surface area contributed by atoms with E-state index in [-0.39, 0.29) is 0 Å². The maximum absolute atomic E-state index is 5.29. The zero-order valence-electron chi connectivity index (χ0n) is 5.48. The predicted molar refractivity (Wildman–Crippen MR) is 33.8 cm³/mol. The second-order valence-corrected chi connectivity index (χ2v) is 2.13. The molecule has 1 unspecified atom stereocenters. The molecule has 0 N–H and O–H groups in total. The molecule has 0 aliphatic carbocycles. The van der Waals surface area contributed by atoms with E-state index in [2.05, 4.69) is 19.9 Å². The van der Waals surface area contributed by atoms with Crippen LogP contribution in [0, 0.1) is 0 Å². The largest absolute Gasteiger partial charge is 0.374 e. The fraction of sp³-hybridized carbons (Fsp3) is 0.714. The van der Waals surface area contributed by atoms with E-state index in [4.69, 9.17) is 4.74 Å². The molecule has 0 radical (unpaired) electrons. The fourth-order valence-corrected chi connectivity index (χ4v) is 1.04. The minimum Gasteiger partial charge on any atom is -0.374 e. The second kappa shape index (κ2) is 2.31. The molecule has 0 aromatic rings. The van der Waals surface area contributed by atoms with Gasteiger partial charge in [-0.2, -0.15) is 0 Å². The van der Waals surface area contributed by atoms with Crippen molar-refractivity contribution in [2.45, 2.75) is 26.4 Å². The first-order chi connectivity index (χ1) is 3.84. The van der Waals surface area contributed by atoms with Gasteiger partial charge in [-0.15, -0.1) is 0 Å². The summed E-state index contributed by atoms with van der Waals surface area (Å²) < 4.78 is 5.29. The molecule has 1 heteroatoms. The van der Waals surface area contributed by atoms with E-state index in [0.29, 0.717) is 6.10 Å². The van der Waals surface area contributed by atoms with Gasteiger partial charge >= 0.3 is 0 Å². The monoisotopic (exact) mass is 112 g/mol. The Hall–Kier alpha value is -0.300. The summed E-state index contributed by atoms with van der Waals surface area (Å²) in [6, 6.07) is 0. The van der Waals surface area contributed by atoms with Gasteiger partial charge in [0.25, 0.3) is 0 Å². The molecule has 0 bridgehead atoms. The van der Waals surface area contributed by atoms with Crippen LogP contribution in [-0.4, -0.2) is 12.7 Å². The number of hydrogen-bond donors (Lipinski definition) is 0. The Labute approximate surface area is 50.3 Å². The maximum Gasteiger partial charge on any atom is 0.0757 e. The van der Waals surface area contributed by atoms with Crippen molar-refractivity contribution in [1.29, 1.82) is 0 Å². The summed E-state index contributed by atoms with van der Waals surface area (Å²) in [6.45, 7) is 5.09. The summed E-state index contributed by atoms with van der Waals surface area (Å²) in [7, 11) is 0. The molecule has 8 heavy (non-hydrogen) atoms. The van der Waals surface area contributed by atoms with Gasteiger partial charge in [0.15, 0.2) is 0 Å². The average Bonchev–Trinajstić information content (AvgIpc) is 2.14. The fourth-order valence-electron chi connectivity index (χ4n) is 1.04. The zero-order chi connectivity index (χ0) is 5.98. The van der Waals surface area contributed by atoms with Crippen LogP contribution in [0.15, 0.2) is 11.6 Å². The predicted octanol–water partition coefficient (Wildman–Crippen LogP) is 1.74.